The zero-order valence-corrected chi connectivity index (χ0v) is 10.6. The maximum Gasteiger partial charge on any atom is 0.240 e. The molecule has 1 aliphatic heterocycles. The minimum Gasteiger partial charge on any atom is -0.334 e. The van der Waals surface area contributed by atoms with E-state index in [2.05, 4.69) is 22.3 Å². The van der Waals surface area contributed by atoms with Gasteiger partial charge in [-0.3, -0.25) is 4.79 Å². The molecule has 0 unspecified atom stereocenters. The topological polar surface area (TPSA) is 32.3 Å². The summed E-state index contributed by atoms with van der Waals surface area (Å²) in [5, 5.41) is 3.31. The van der Waals surface area contributed by atoms with E-state index in [0.717, 1.165) is 25.9 Å². The number of nitrogens with one attached hydrogen (secondary N) is 1. The van der Waals surface area contributed by atoms with Crippen LogP contribution in [0.25, 0.3) is 0 Å². The van der Waals surface area contributed by atoms with Crippen LogP contribution in [0.4, 0.5) is 0 Å². The lowest BCUT2D eigenvalue weighted by atomic mass is 10.1. The van der Waals surface area contributed by atoms with Crippen LogP contribution in [0.1, 0.15) is 31.2 Å². The summed E-state index contributed by atoms with van der Waals surface area (Å²) < 4.78 is 0. The third-order valence-electron chi connectivity index (χ3n) is 3.82. The van der Waals surface area contributed by atoms with Gasteiger partial charge < -0.3 is 10.2 Å². The van der Waals surface area contributed by atoms with Crippen LogP contribution in [-0.2, 0) is 11.3 Å². The monoisotopic (exact) mass is 244 g/mol. The Morgan fingerprint density at radius 3 is 2.61 bits per heavy atom. The van der Waals surface area contributed by atoms with Gasteiger partial charge in [-0.05, 0) is 37.8 Å². The molecule has 1 aromatic carbocycles. The molecule has 1 N–H and O–H groups in total. The average Bonchev–Trinajstić information content (AvgIpc) is 3.10. The molecule has 1 atom stereocenters. The summed E-state index contributed by atoms with van der Waals surface area (Å²) in [7, 11) is 0. The Balaban J connectivity index is 1.70. The second-order valence-corrected chi connectivity index (χ2v) is 5.33. The standard InChI is InChI=1S/C15H20N2O/c18-15(14-7-4-10-16-14)17(13-8-9-13)11-12-5-2-1-3-6-12/h1-3,5-6,13-14,16H,4,7-11H2/t14-/m0/s1. The first-order valence-electron chi connectivity index (χ1n) is 6.92. The summed E-state index contributed by atoms with van der Waals surface area (Å²) in [6.07, 6.45) is 4.47. The van der Waals surface area contributed by atoms with Crippen LogP contribution in [0.5, 0.6) is 0 Å². The van der Waals surface area contributed by atoms with Gasteiger partial charge in [0.15, 0.2) is 0 Å². The molecule has 2 fully saturated rings. The minimum absolute atomic E-state index is 0.0642. The van der Waals surface area contributed by atoms with Gasteiger partial charge in [-0.1, -0.05) is 30.3 Å². The molecule has 96 valence electrons. The van der Waals surface area contributed by atoms with E-state index >= 15 is 0 Å². The molecule has 1 saturated carbocycles. The van der Waals surface area contributed by atoms with Gasteiger partial charge in [-0.25, -0.2) is 0 Å². The number of amides is 1. The molecule has 1 aliphatic carbocycles. The molecule has 3 heteroatoms. The summed E-state index contributed by atoms with van der Waals surface area (Å²) in [5.41, 5.74) is 1.23. The van der Waals surface area contributed by atoms with E-state index in [1.165, 1.54) is 18.4 Å². The van der Waals surface area contributed by atoms with E-state index in [0.29, 0.717) is 11.9 Å². The largest absolute Gasteiger partial charge is 0.334 e. The number of carbonyl (C=O) groups excluding carboxylic acids is 1. The fourth-order valence-corrected chi connectivity index (χ4v) is 2.65. The molecule has 1 heterocycles. The molecule has 0 radical (unpaired) electrons. The maximum atomic E-state index is 12.5. The van der Waals surface area contributed by atoms with Crippen molar-refractivity contribution < 1.29 is 4.79 Å². The molecule has 1 aromatic rings. The smallest absolute Gasteiger partial charge is 0.240 e. The Labute approximate surface area is 108 Å². The summed E-state index contributed by atoms with van der Waals surface area (Å²) in [4.78, 5) is 14.6. The van der Waals surface area contributed by atoms with Crippen molar-refractivity contribution in [3.05, 3.63) is 35.9 Å². The predicted molar refractivity (Wildman–Crippen MR) is 71.0 cm³/mol. The molecule has 2 aliphatic rings. The zero-order chi connectivity index (χ0) is 12.4. The first-order chi connectivity index (χ1) is 8.84. The van der Waals surface area contributed by atoms with Crippen molar-refractivity contribution in [2.24, 2.45) is 0 Å². The molecular weight excluding hydrogens is 224 g/mol. The van der Waals surface area contributed by atoms with E-state index in [4.69, 9.17) is 0 Å². The Hall–Kier alpha value is -1.35. The minimum atomic E-state index is 0.0642. The highest BCUT2D eigenvalue weighted by Gasteiger charge is 2.36. The van der Waals surface area contributed by atoms with Crippen LogP contribution in [-0.4, -0.2) is 29.4 Å². The van der Waals surface area contributed by atoms with Crippen molar-refractivity contribution in [2.75, 3.05) is 6.54 Å². The van der Waals surface area contributed by atoms with Crippen LogP contribution in [0.15, 0.2) is 30.3 Å². The van der Waals surface area contributed by atoms with Gasteiger partial charge in [0.05, 0.1) is 6.04 Å². The lowest BCUT2D eigenvalue weighted by molar-refractivity contribution is -0.134. The number of benzene rings is 1. The second-order valence-electron chi connectivity index (χ2n) is 5.33. The van der Waals surface area contributed by atoms with Gasteiger partial charge in [0.2, 0.25) is 5.91 Å². The van der Waals surface area contributed by atoms with E-state index < -0.39 is 0 Å². The summed E-state index contributed by atoms with van der Waals surface area (Å²) in [6, 6.07) is 10.9. The van der Waals surface area contributed by atoms with Crippen LogP contribution in [0.2, 0.25) is 0 Å². The highest BCUT2D eigenvalue weighted by molar-refractivity contribution is 5.82. The summed E-state index contributed by atoms with van der Waals surface area (Å²) in [6.45, 7) is 1.75. The van der Waals surface area contributed by atoms with Crippen molar-refractivity contribution in [1.29, 1.82) is 0 Å². The van der Waals surface area contributed by atoms with Gasteiger partial charge in [-0.15, -0.1) is 0 Å². The molecule has 0 aromatic heterocycles. The number of carbonyl (C=O) groups is 1. The number of nitrogens with zero attached hydrogens (tertiary/aromatic N) is 1. The predicted octanol–water partition coefficient (Wildman–Crippen LogP) is 1.93. The van der Waals surface area contributed by atoms with Crippen LogP contribution in [0.3, 0.4) is 0 Å². The first-order valence-corrected chi connectivity index (χ1v) is 6.92. The van der Waals surface area contributed by atoms with Gasteiger partial charge in [0, 0.05) is 12.6 Å². The highest BCUT2D eigenvalue weighted by Crippen LogP contribution is 2.29. The molecule has 1 saturated heterocycles. The molecule has 0 spiro atoms. The van der Waals surface area contributed by atoms with Crippen LogP contribution in [0, 0.1) is 0 Å². The number of hydrogen-bond acceptors (Lipinski definition) is 2. The van der Waals surface area contributed by atoms with Crippen LogP contribution < -0.4 is 5.32 Å². The Bertz CT molecular complexity index is 408. The third-order valence-corrected chi connectivity index (χ3v) is 3.82. The van der Waals surface area contributed by atoms with E-state index in [1.54, 1.807) is 0 Å². The summed E-state index contributed by atoms with van der Waals surface area (Å²) >= 11 is 0. The van der Waals surface area contributed by atoms with Gasteiger partial charge >= 0.3 is 0 Å². The number of rotatable bonds is 4. The normalized spacial score (nSPS) is 23.0. The molecular formula is C15H20N2O. The zero-order valence-electron chi connectivity index (χ0n) is 10.6. The Morgan fingerprint density at radius 2 is 2.00 bits per heavy atom. The average molecular weight is 244 g/mol. The lowest BCUT2D eigenvalue weighted by Gasteiger charge is -2.25. The van der Waals surface area contributed by atoms with Gasteiger partial charge in [-0.2, -0.15) is 0 Å². The molecule has 1 amide bonds. The Kier molecular flexibility index (Phi) is 3.33. The highest BCUT2D eigenvalue weighted by atomic mass is 16.2. The molecule has 3 nitrogen and oxygen atoms in total. The third kappa shape index (κ3) is 2.56. The molecule has 18 heavy (non-hydrogen) atoms. The van der Waals surface area contributed by atoms with E-state index in [-0.39, 0.29) is 6.04 Å². The quantitative estimate of drug-likeness (QED) is 0.877. The van der Waals surface area contributed by atoms with E-state index in [9.17, 15) is 4.79 Å². The van der Waals surface area contributed by atoms with Crippen LogP contribution >= 0.6 is 0 Å². The van der Waals surface area contributed by atoms with Gasteiger partial charge in [0.25, 0.3) is 0 Å². The van der Waals surface area contributed by atoms with Gasteiger partial charge in [0.1, 0.15) is 0 Å². The first kappa shape index (κ1) is 11.7. The fraction of sp³-hybridized carbons (Fsp3) is 0.533. The second kappa shape index (κ2) is 5.11. The summed E-state index contributed by atoms with van der Waals surface area (Å²) in [5.74, 6) is 0.304. The fourth-order valence-electron chi connectivity index (χ4n) is 2.65. The van der Waals surface area contributed by atoms with Crippen molar-refractivity contribution in [2.45, 2.75) is 44.3 Å². The van der Waals surface area contributed by atoms with Crippen molar-refractivity contribution in [3.63, 3.8) is 0 Å². The van der Waals surface area contributed by atoms with Crippen molar-refractivity contribution in [3.8, 4) is 0 Å². The SMILES string of the molecule is O=C([C@@H]1CCCN1)N(Cc1ccccc1)C1CC1. The van der Waals surface area contributed by atoms with Crippen molar-refractivity contribution in [1.82, 2.24) is 10.2 Å². The number of hydrogen-bond donors (Lipinski definition) is 1. The molecule has 0 bridgehead atoms. The Morgan fingerprint density at radius 1 is 1.22 bits per heavy atom. The lowest BCUT2D eigenvalue weighted by Crippen LogP contribution is -2.44. The molecule has 3 rings (SSSR count). The maximum absolute atomic E-state index is 12.5. The van der Waals surface area contributed by atoms with E-state index in [1.807, 2.05) is 18.2 Å². The van der Waals surface area contributed by atoms with Crippen molar-refractivity contribution >= 4 is 5.91 Å².